The molecule has 0 aliphatic carbocycles. The van der Waals surface area contributed by atoms with Crippen molar-refractivity contribution in [3.8, 4) is 11.4 Å². The number of aryl methyl sites for hydroxylation is 1. The van der Waals surface area contributed by atoms with E-state index in [0.717, 1.165) is 17.7 Å². The van der Waals surface area contributed by atoms with Gasteiger partial charge in [-0.1, -0.05) is 12.1 Å². The lowest BCUT2D eigenvalue weighted by atomic mass is 10.1. The quantitative estimate of drug-likeness (QED) is 0.465. The van der Waals surface area contributed by atoms with E-state index in [0.29, 0.717) is 17.1 Å². The Morgan fingerprint density at radius 2 is 1.69 bits per heavy atom. The number of carbonyl (C=O) groups excluding carboxylic acids is 1. The molecule has 0 aliphatic rings. The molecule has 2 N–H and O–H groups in total. The van der Waals surface area contributed by atoms with Gasteiger partial charge in [0.15, 0.2) is 5.82 Å². The van der Waals surface area contributed by atoms with Crippen molar-refractivity contribution >= 4 is 27.3 Å². The highest BCUT2D eigenvalue weighted by atomic mass is 32.2. The molecule has 1 heterocycles. The maximum absolute atomic E-state index is 13.0. The van der Waals surface area contributed by atoms with E-state index in [-0.39, 0.29) is 16.5 Å². The molecule has 0 unspecified atom stereocenters. The van der Waals surface area contributed by atoms with Gasteiger partial charge < -0.3 is 9.88 Å². The zero-order valence-corrected chi connectivity index (χ0v) is 17.7. The van der Waals surface area contributed by atoms with E-state index in [1.807, 2.05) is 13.1 Å². The normalized spacial score (nSPS) is 11.2. The molecule has 10 heteroatoms. The Balaban J connectivity index is 1.46. The van der Waals surface area contributed by atoms with E-state index in [2.05, 4.69) is 20.2 Å². The highest BCUT2D eigenvalue weighted by Gasteiger charge is 2.15. The number of benzene rings is 3. The van der Waals surface area contributed by atoms with Crippen molar-refractivity contribution in [2.45, 2.75) is 4.90 Å². The van der Waals surface area contributed by atoms with Gasteiger partial charge in [-0.2, -0.15) is 0 Å². The van der Waals surface area contributed by atoms with Gasteiger partial charge in [-0.25, -0.2) is 12.8 Å². The lowest BCUT2D eigenvalue weighted by molar-refractivity contribution is 0.102. The van der Waals surface area contributed by atoms with Gasteiger partial charge in [0, 0.05) is 29.5 Å². The smallest absolute Gasteiger partial charge is 0.261 e. The number of hydrogen-bond acceptors (Lipinski definition) is 5. The number of rotatable bonds is 6. The summed E-state index contributed by atoms with van der Waals surface area (Å²) in [5.41, 5.74) is 2.00. The van der Waals surface area contributed by atoms with Crippen molar-refractivity contribution in [3.63, 3.8) is 0 Å². The number of nitrogens with one attached hydrogen (secondary N) is 2. The molecular weight excluding hydrogens is 433 g/mol. The molecule has 0 saturated heterocycles. The molecule has 0 atom stereocenters. The molecule has 0 bridgehead atoms. The Labute approximate surface area is 183 Å². The van der Waals surface area contributed by atoms with Crippen LogP contribution in [0.5, 0.6) is 0 Å². The summed E-state index contributed by atoms with van der Waals surface area (Å²) in [6.07, 6.45) is 1.59. The van der Waals surface area contributed by atoms with E-state index in [4.69, 9.17) is 0 Å². The van der Waals surface area contributed by atoms with Gasteiger partial charge in [-0.3, -0.25) is 9.52 Å². The topological polar surface area (TPSA) is 106 Å². The van der Waals surface area contributed by atoms with E-state index >= 15 is 0 Å². The number of nitrogens with zero attached hydrogens (tertiary/aromatic N) is 3. The third-order valence-electron chi connectivity index (χ3n) is 4.61. The molecular formula is C22H18FN5O3S. The minimum atomic E-state index is -3.87. The lowest BCUT2D eigenvalue weighted by Crippen LogP contribution is -2.14. The fourth-order valence-corrected chi connectivity index (χ4v) is 4.06. The molecule has 8 nitrogen and oxygen atoms in total. The van der Waals surface area contributed by atoms with Crippen LogP contribution in [0.1, 0.15) is 10.4 Å². The Kier molecular flexibility index (Phi) is 5.69. The Morgan fingerprint density at radius 3 is 2.34 bits per heavy atom. The van der Waals surface area contributed by atoms with Gasteiger partial charge in [0.2, 0.25) is 0 Å². The van der Waals surface area contributed by atoms with Gasteiger partial charge >= 0.3 is 0 Å². The van der Waals surface area contributed by atoms with Crippen molar-refractivity contribution < 1.29 is 17.6 Å². The zero-order chi connectivity index (χ0) is 22.7. The largest absolute Gasteiger partial charge is 0.322 e. The molecule has 0 aliphatic heterocycles. The van der Waals surface area contributed by atoms with Crippen LogP contribution in [-0.4, -0.2) is 29.1 Å². The van der Waals surface area contributed by atoms with Gasteiger partial charge in [0.1, 0.15) is 12.1 Å². The number of carbonyl (C=O) groups is 1. The van der Waals surface area contributed by atoms with Crippen LogP contribution in [0.25, 0.3) is 11.4 Å². The van der Waals surface area contributed by atoms with E-state index in [1.165, 1.54) is 36.4 Å². The minimum Gasteiger partial charge on any atom is -0.322 e. The first kappa shape index (κ1) is 21.2. The summed E-state index contributed by atoms with van der Waals surface area (Å²) in [4.78, 5) is 12.5. The second-order valence-electron chi connectivity index (χ2n) is 6.94. The van der Waals surface area contributed by atoms with E-state index in [1.54, 1.807) is 29.1 Å². The van der Waals surface area contributed by atoms with E-state index in [9.17, 15) is 17.6 Å². The van der Waals surface area contributed by atoms with Gasteiger partial charge in [0.25, 0.3) is 15.9 Å². The second-order valence-corrected chi connectivity index (χ2v) is 8.62. The van der Waals surface area contributed by atoms with Crippen LogP contribution < -0.4 is 10.0 Å². The fraction of sp³-hybridized carbons (Fsp3) is 0.0455. The molecule has 32 heavy (non-hydrogen) atoms. The first-order chi connectivity index (χ1) is 15.3. The highest BCUT2D eigenvalue weighted by molar-refractivity contribution is 7.92. The first-order valence-electron chi connectivity index (χ1n) is 9.46. The molecule has 3 aromatic carbocycles. The number of anilines is 2. The minimum absolute atomic E-state index is 0.0662. The van der Waals surface area contributed by atoms with Crippen LogP contribution in [-0.2, 0) is 17.1 Å². The molecule has 4 aromatic rings. The number of aromatic nitrogens is 3. The third-order valence-corrected chi connectivity index (χ3v) is 6.01. The molecule has 0 spiro atoms. The summed E-state index contributed by atoms with van der Waals surface area (Å²) in [6.45, 7) is 0. The highest BCUT2D eigenvalue weighted by Crippen LogP contribution is 2.21. The van der Waals surface area contributed by atoms with Gasteiger partial charge in [-0.15, -0.1) is 10.2 Å². The Hall–Kier alpha value is -4.05. The third kappa shape index (κ3) is 4.65. The summed E-state index contributed by atoms with van der Waals surface area (Å²) < 4.78 is 42.0. The molecule has 162 valence electrons. The molecule has 1 amide bonds. The van der Waals surface area contributed by atoms with Gasteiger partial charge in [-0.05, 0) is 60.7 Å². The maximum Gasteiger partial charge on any atom is 0.261 e. The lowest BCUT2D eigenvalue weighted by Gasteiger charge is -2.10. The Bertz CT molecular complexity index is 1370. The monoisotopic (exact) mass is 451 g/mol. The van der Waals surface area contributed by atoms with Crippen LogP contribution in [0.4, 0.5) is 15.8 Å². The predicted octanol–water partition coefficient (Wildman–Crippen LogP) is 3.67. The van der Waals surface area contributed by atoms with E-state index < -0.39 is 15.8 Å². The maximum atomic E-state index is 13.0. The van der Waals surface area contributed by atoms with Crippen LogP contribution in [0, 0.1) is 5.82 Å². The van der Waals surface area contributed by atoms with Crippen molar-refractivity contribution in [2.75, 3.05) is 10.0 Å². The summed E-state index contributed by atoms with van der Waals surface area (Å²) in [6, 6.07) is 17.7. The van der Waals surface area contributed by atoms with Crippen LogP contribution >= 0.6 is 0 Å². The standard InChI is InChI=1S/C22H18FN5O3S/c1-28-14-24-26-21(28)16-3-2-4-19(13-16)25-22(29)15-5-9-18(10-6-15)27-32(30,31)20-11-7-17(23)8-12-20/h2-14,27H,1H3,(H,25,29). The summed E-state index contributed by atoms with van der Waals surface area (Å²) >= 11 is 0. The number of amides is 1. The molecule has 0 fully saturated rings. The summed E-state index contributed by atoms with van der Waals surface area (Å²) in [5, 5.41) is 10.7. The van der Waals surface area contributed by atoms with Crippen LogP contribution in [0.2, 0.25) is 0 Å². The molecule has 0 saturated carbocycles. The van der Waals surface area contributed by atoms with Gasteiger partial charge in [0.05, 0.1) is 4.90 Å². The number of hydrogen-bond donors (Lipinski definition) is 2. The summed E-state index contributed by atoms with van der Waals surface area (Å²) in [7, 11) is -2.05. The summed E-state index contributed by atoms with van der Waals surface area (Å²) in [5.74, 6) is -0.214. The average Bonchev–Trinajstić information content (AvgIpc) is 3.20. The van der Waals surface area contributed by atoms with Crippen molar-refractivity contribution in [1.82, 2.24) is 14.8 Å². The van der Waals surface area contributed by atoms with Crippen molar-refractivity contribution in [1.29, 1.82) is 0 Å². The average molecular weight is 451 g/mol. The zero-order valence-electron chi connectivity index (χ0n) is 16.9. The number of halogens is 1. The molecule has 0 radical (unpaired) electrons. The second kappa shape index (κ2) is 8.60. The first-order valence-corrected chi connectivity index (χ1v) is 10.9. The molecule has 1 aromatic heterocycles. The SMILES string of the molecule is Cn1cnnc1-c1cccc(NC(=O)c2ccc(NS(=O)(=O)c3ccc(F)cc3)cc2)c1. The van der Waals surface area contributed by atoms with Crippen molar-refractivity contribution in [2.24, 2.45) is 7.05 Å². The Morgan fingerprint density at radius 1 is 0.969 bits per heavy atom. The van der Waals surface area contributed by atoms with Crippen LogP contribution in [0.15, 0.2) is 84.0 Å². The number of sulfonamides is 1. The van der Waals surface area contributed by atoms with Crippen molar-refractivity contribution in [3.05, 3.63) is 90.5 Å². The predicted molar refractivity (Wildman–Crippen MR) is 118 cm³/mol. The fourth-order valence-electron chi connectivity index (χ4n) is 3.00. The van der Waals surface area contributed by atoms with Crippen LogP contribution in [0.3, 0.4) is 0 Å². The molecule has 4 rings (SSSR count).